The number of ether oxygens (including phenoxy) is 1. The fraction of sp³-hybridized carbons (Fsp3) is 0.350. The zero-order chi connectivity index (χ0) is 21.8. The van der Waals surface area contributed by atoms with Crippen LogP contribution in [0.1, 0.15) is 18.5 Å². The number of hydrogen-bond acceptors (Lipinski definition) is 7. The first-order valence-corrected chi connectivity index (χ1v) is 9.79. The van der Waals surface area contributed by atoms with Crippen LogP contribution in [0.3, 0.4) is 0 Å². The van der Waals surface area contributed by atoms with Crippen molar-refractivity contribution in [2.75, 3.05) is 34.8 Å². The number of nitrogens with one attached hydrogen (secondary N) is 2. The zero-order valence-corrected chi connectivity index (χ0v) is 16.5. The summed E-state index contributed by atoms with van der Waals surface area (Å²) in [5.41, 5.74) is 2.48. The Kier molecular flexibility index (Phi) is 5.79. The van der Waals surface area contributed by atoms with Crippen LogP contribution in [-0.4, -0.2) is 53.7 Å². The first kappa shape index (κ1) is 20.3. The third-order valence-corrected chi connectivity index (χ3v) is 5.38. The van der Waals surface area contributed by atoms with Gasteiger partial charge in [0.05, 0.1) is 29.7 Å². The highest BCUT2D eigenvalue weighted by molar-refractivity contribution is 5.90. The van der Waals surface area contributed by atoms with Crippen molar-refractivity contribution in [3.8, 4) is 6.07 Å². The summed E-state index contributed by atoms with van der Waals surface area (Å²) in [6.07, 6.45) is 2.69. The highest BCUT2D eigenvalue weighted by atomic mass is 19.1. The van der Waals surface area contributed by atoms with Crippen LogP contribution in [0, 0.1) is 17.1 Å². The average molecular weight is 425 g/mol. The number of aromatic amines is 1. The van der Waals surface area contributed by atoms with Gasteiger partial charge < -0.3 is 15.0 Å². The van der Waals surface area contributed by atoms with Gasteiger partial charge in [0.15, 0.2) is 5.82 Å². The minimum Gasteiger partial charge on any atom is -0.444 e. The third-order valence-electron chi connectivity index (χ3n) is 5.38. The van der Waals surface area contributed by atoms with E-state index in [4.69, 9.17) is 10.00 Å². The van der Waals surface area contributed by atoms with E-state index in [0.29, 0.717) is 36.6 Å². The number of H-pyrrole nitrogens is 1. The predicted molar refractivity (Wildman–Crippen MR) is 109 cm³/mol. The molecule has 2 N–H and O–H groups in total. The summed E-state index contributed by atoms with van der Waals surface area (Å²) in [5.74, 6) is -0.147. The number of rotatable bonds is 6. The molecule has 2 aliphatic heterocycles. The summed E-state index contributed by atoms with van der Waals surface area (Å²) in [4.78, 5) is 26.3. The zero-order valence-electron chi connectivity index (χ0n) is 16.5. The summed E-state index contributed by atoms with van der Waals surface area (Å²) in [5, 5.41) is 21.2. The molecule has 2 fully saturated rings. The fourth-order valence-corrected chi connectivity index (χ4v) is 3.82. The minimum atomic E-state index is -0.571. The second-order valence-corrected chi connectivity index (χ2v) is 7.28. The fourth-order valence-electron chi connectivity index (χ4n) is 3.82. The Labute approximate surface area is 177 Å². The molecule has 1 atom stereocenters. The molecule has 0 bridgehead atoms. The van der Waals surface area contributed by atoms with E-state index < -0.39 is 18.0 Å². The van der Waals surface area contributed by atoms with Crippen LogP contribution in [0.5, 0.6) is 0 Å². The van der Waals surface area contributed by atoms with Crippen LogP contribution in [0.15, 0.2) is 29.8 Å². The summed E-state index contributed by atoms with van der Waals surface area (Å²) in [7, 11) is 0. The number of halogens is 1. The number of nitriles is 1. The van der Waals surface area contributed by atoms with Gasteiger partial charge in [0.25, 0.3) is 0 Å². The Balaban J connectivity index is 1.43. The van der Waals surface area contributed by atoms with Crippen molar-refractivity contribution < 1.29 is 18.7 Å². The molecule has 10 nitrogen and oxygen atoms in total. The lowest BCUT2D eigenvalue weighted by molar-refractivity contribution is -0.105. The number of hydrogen-bond donors (Lipinski definition) is 2. The molecule has 0 saturated carbocycles. The van der Waals surface area contributed by atoms with Gasteiger partial charge in [-0.1, -0.05) is 10.8 Å². The SMILES string of the molecule is N#CC=C1CCN(c2ccc(N3CC(Cc4[nH]nnc4NC=O)OC3=O)cc2F)CC1. The number of aromatic nitrogens is 3. The summed E-state index contributed by atoms with van der Waals surface area (Å²) in [6.45, 7) is 1.49. The summed E-state index contributed by atoms with van der Waals surface area (Å²) < 4.78 is 20.2. The monoisotopic (exact) mass is 425 g/mol. The largest absolute Gasteiger partial charge is 0.444 e. The van der Waals surface area contributed by atoms with E-state index in [1.54, 1.807) is 18.2 Å². The molecule has 0 aliphatic carbocycles. The molecule has 160 valence electrons. The van der Waals surface area contributed by atoms with E-state index in [0.717, 1.165) is 18.4 Å². The molecule has 1 aromatic heterocycles. The predicted octanol–water partition coefficient (Wildman–Crippen LogP) is 2.13. The number of allylic oxidation sites excluding steroid dienone is 1. The first-order valence-electron chi connectivity index (χ1n) is 9.79. The molecular formula is C20H20FN7O3. The molecule has 4 rings (SSSR count). The van der Waals surface area contributed by atoms with Crippen molar-refractivity contribution in [2.24, 2.45) is 0 Å². The van der Waals surface area contributed by atoms with Crippen molar-refractivity contribution in [3.63, 3.8) is 0 Å². The van der Waals surface area contributed by atoms with Crippen LogP contribution in [0.4, 0.5) is 26.4 Å². The van der Waals surface area contributed by atoms with Crippen LogP contribution < -0.4 is 15.1 Å². The number of benzene rings is 1. The van der Waals surface area contributed by atoms with E-state index in [1.807, 2.05) is 11.0 Å². The number of anilines is 3. The molecule has 2 amide bonds. The topological polar surface area (TPSA) is 127 Å². The Morgan fingerprint density at radius 1 is 1.39 bits per heavy atom. The Hall–Kier alpha value is -3.94. The van der Waals surface area contributed by atoms with Gasteiger partial charge >= 0.3 is 6.09 Å². The van der Waals surface area contributed by atoms with Crippen LogP contribution >= 0.6 is 0 Å². The Morgan fingerprint density at radius 2 is 2.19 bits per heavy atom. The molecule has 1 aromatic carbocycles. The lowest BCUT2D eigenvalue weighted by atomic mass is 10.0. The maximum absolute atomic E-state index is 14.9. The van der Waals surface area contributed by atoms with Crippen molar-refractivity contribution >= 4 is 29.7 Å². The minimum absolute atomic E-state index is 0.225. The van der Waals surface area contributed by atoms with Crippen molar-refractivity contribution in [1.29, 1.82) is 5.26 Å². The molecule has 2 aliphatic rings. The second kappa shape index (κ2) is 8.83. The second-order valence-electron chi connectivity index (χ2n) is 7.28. The third kappa shape index (κ3) is 4.32. The van der Waals surface area contributed by atoms with E-state index in [1.165, 1.54) is 11.0 Å². The molecule has 3 heterocycles. The van der Waals surface area contributed by atoms with Gasteiger partial charge in [-0.15, -0.1) is 5.10 Å². The number of amides is 2. The number of cyclic esters (lactones) is 1. The molecule has 0 spiro atoms. The molecule has 11 heteroatoms. The quantitative estimate of drug-likeness (QED) is 0.536. The standard InChI is InChI=1S/C20H20FN7O3/c21-16-9-14(1-2-18(16)27-7-4-13(3-6-22)5-8-27)28-11-15(31-20(28)30)10-17-19(23-12-29)25-26-24-17/h1-3,9,12,15H,4-5,7-8,10-11H2,(H2,23,24,25,26,29). The summed E-state index contributed by atoms with van der Waals surface area (Å²) in [6, 6.07) is 6.73. The van der Waals surface area contributed by atoms with Crippen molar-refractivity contribution in [3.05, 3.63) is 41.4 Å². The molecule has 2 aromatic rings. The van der Waals surface area contributed by atoms with E-state index in [-0.39, 0.29) is 18.8 Å². The van der Waals surface area contributed by atoms with Gasteiger partial charge in [0.2, 0.25) is 6.41 Å². The molecule has 2 saturated heterocycles. The number of carbonyl (C=O) groups excluding carboxylic acids is 2. The van der Waals surface area contributed by atoms with E-state index >= 15 is 0 Å². The van der Waals surface area contributed by atoms with Crippen LogP contribution in [0.25, 0.3) is 0 Å². The van der Waals surface area contributed by atoms with Crippen molar-refractivity contribution in [1.82, 2.24) is 15.4 Å². The number of piperidine rings is 1. The van der Waals surface area contributed by atoms with E-state index in [9.17, 15) is 14.0 Å². The van der Waals surface area contributed by atoms with Gasteiger partial charge in [-0.3, -0.25) is 14.8 Å². The molecule has 1 unspecified atom stereocenters. The number of nitrogens with zero attached hydrogens (tertiary/aromatic N) is 5. The lowest BCUT2D eigenvalue weighted by Gasteiger charge is -2.30. The Bertz CT molecular complexity index is 1050. The van der Waals surface area contributed by atoms with Crippen molar-refractivity contribution in [2.45, 2.75) is 25.4 Å². The molecule has 0 radical (unpaired) electrons. The lowest BCUT2D eigenvalue weighted by Crippen LogP contribution is -2.31. The average Bonchev–Trinajstić information content (AvgIpc) is 3.35. The smallest absolute Gasteiger partial charge is 0.414 e. The van der Waals surface area contributed by atoms with Crippen LogP contribution in [0.2, 0.25) is 0 Å². The normalized spacial score (nSPS) is 18.5. The Morgan fingerprint density at radius 3 is 2.90 bits per heavy atom. The van der Waals surface area contributed by atoms with Gasteiger partial charge in [0, 0.05) is 25.6 Å². The number of carbonyl (C=O) groups is 2. The molecular weight excluding hydrogens is 405 g/mol. The maximum atomic E-state index is 14.9. The molecule has 31 heavy (non-hydrogen) atoms. The van der Waals surface area contributed by atoms with E-state index in [2.05, 4.69) is 20.7 Å². The van der Waals surface area contributed by atoms with Gasteiger partial charge in [-0.2, -0.15) is 5.26 Å². The first-order chi connectivity index (χ1) is 15.1. The summed E-state index contributed by atoms with van der Waals surface area (Å²) >= 11 is 0. The van der Waals surface area contributed by atoms with Gasteiger partial charge in [0.1, 0.15) is 11.9 Å². The van der Waals surface area contributed by atoms with Crippen LogP contribution in [-0.2, 0) is 16.0 Å². The van der Waals surface area contributed by atoms with Gasteiger partial charge in [-0.25, -0.2) is 9.18 Å². The highest BCUT2D eigenvalue weighted by Crippen LogP contribution is 2.31. The maximum Gasteiger partial charge on any atom is 0.414 e. The van der Waals surface area contributed by atoms with Gasteiger partial charge in [-0.05, 0) is 31.0 Å². The highest BCUT2D eigenvalue weighted by Gasteiger charge is 2.34.